The summed E-state index contributed by atoms with van der Waals surface area (Å²) in [5, 5.41) is 15.5. The van der Waals surface area contributed by atoms with Crippen LogP contribution in [-0.4, -0.2) is 24.6 Å². The molecule has 3 N–H and O–H groups in total. The maximum atomic E-state index is 11.9. The molecule has 4 nitrogen and oxygen atoms in total. The van der Waals surface area contributed by atoms with E-state index in [9.17, 15) is 9.90 Å². The molecule has 0 heterocycles. The summed E-state index contributed by atoms with van der Waals surface area (Å²) in [4.78, 5) is 12.7. The molecule has 0 saturated carbocycles. The Bertz CT molecular complexity index is 517. The lowest BCUT2D eigenvalue weighted by Crippen LogP contribution is -2.21. The predicted octanol–water partition coefficient (Wildman–Crippen LogP) is 2.71. The van der Waals surface area contributed by atoms with Crippen LogP contribution in [0.15, 0.2) is 41.3 Å². The molecule has 0 aliphatic heterocycles. The van der Waals surface area contributed by atoms with Crippen molar-refractivity contribution < 1.29 is 9.90 Å². The van der Waals surface area contributed by atoms with E-state index in [1.54, 1.807) is 0 Å². The SMILES string of the molecule is C=C(CNC)SC(=C)NC(=O)c1ccc(O)c(Cl)c1. The molecule has 0 unspecified atom stereocenters. The van der Waals surface area contributed by atoms with Gasteiger partial charge in [0.05, 0.1) is 10.1 Å². The average Bonchev–Trinajstić information content (AvgIpc) is 2.32. The Hall–Kier alpha value is -1.43. The fourth-order valence-corrected chi connectivity index (χ4v) is 2.17. The first-order valence-corrected chi connectivity index (χ1v) is 6.62. The zero-order valence-corrected chi connectivity index (χ0v) is 12.1. The van der Waals surface area contributed by atoms with Gasteiger partial charge in [-0.2, -0.15) is 0 Å². The van der Waals surface area contributed by atoms with Crippen LogP contribution in [0, 0.1) is 0 Å². The van der Waals surface area contributed by atoms with E-state index >= 15 is 0 Å². The number of carbonyl (C=O) groups excluding carboxylic acids is 1. The van der Waals surface area contributed by atoms with Crippen LogP contribution in [0.4, 0.5) is 0 Å². The van der Waals surface area contributed by atoms with E-state index in [2.05, 4.69) is 23.8 Å². The smallest absolute Gasteiger partial charge is 0.256 e. The number of thioether (sulfide) groups is 1. The highest BCUT2D eigenvalue weighted by molar-refractivity contribution is 8.06. The van der Waals surface area contributed by atoms with Crippen molar-refractivity contribution in [3.63, 3.8) is 0 Å². The van der Waals surface area contributed by atoms with Crippen molar-refractivity contribution in [2.45, 2.75) is 0 Å². The number of hydrogen-bond donors (Lipinski definition) is 3. The Balaban J connectivity index is 2.61. The van der Waals surface area contributed by atoms with Gasteiger partial charge in [-0.05, 0) is 30.2 Å². The topological polar surface area (TPSA) is 61.4 Å². The first-order valence-electron chi connectivity index (χ1n) is 5.43. The van der Waals surface area contributed by atoms with Crippen LogP contribution in [0.5, 0.6) is 5.75 Å². The highest BCUT2D eigenvalue weighted by Crippen LogP contribution is 2.24. The van der Waals surface area contributed by atoms with Crippen molar-refractivity contribution in [1.29, 1.82) is 0 Å². The summed E-state index contributed by atoms with van der Waals surface area (Å²) in [6, 6.07) is 4.25. The molecule has 0 fully saturated rings. The van der Waals surface area contributed by atoms with Crippen LogP contribution in [0.3, 0.4) is 0 Å². The van der Waals surface area contributed by atoms with Gasteiger partial charge in [-0.15, -0.1) is 0 Å². The summed E-state index contributed by atoms with van der Waals surface area (Å²) in [5.74, 6) is -0.398. The molecule has 6 heteroatoms. The van der Waals surface area contributed by atoms with E-state index in [1.165, 1.54) is 30.0 Å². The second-order valence-electron chi connectivity index (χ2n) is 3.71. The van der Waals surface area contributed by atoms with Crippen LogP contribution in [-0.2, 0) is 0 Å². The van der Waals surface area contributed by atoms with Crippen LogP contribution >= 0.6 is 23.4 Å². The van der Waals surface area contributed by atoms with E-state index in [1.807, 2.05) is 7.05 Å². The van der Waals surface area contributed by atoms with E-state index in [0.29, 0.717) is 17.1 Å². The van der Waals surface area contributed by atoms with Crippen LogP contribution in [0.1, 0.15) is 10.4 Å². The number of phenolic OH excluding ortho intramolecular Hbond substituents is 1. The first-order chi connectivity index (χ1) is 8.93. The second kappa shape index (κ2) is 7.23. The highest BCUT2D eigenvalue weighted by atomic mass is 35.5. The van der Waals surface area contributed by atoms with Gasteiger partial charge in [0, 0.05) is 12.1 Å². The molecule has 19 heavy (non-hydrogen) atoms. The number of nitrogens with one attached hydrogen (secondary N) is 2. The van der Waals surface area contributed by atoms with Crippen LogP contribution in [0.25, 0.3) is 0 Å². The summed E-state index contributed by atoms with van der Waals surface area (Å²) < 4.78 is 0. The van der Waals surface area contributed by atoms with Crippen molar-refractivity contribution in [2.24, 2.45) is 0 Å². The molecule has 0 aromatic heterocycles. The molecular weight excluding hydrogens is 284 g/mol. The number of halogens is 1. The number of rotatable bonds is 6. The van der Waals surface area contributed by atoms with Gasteiger partial charge in [0.1, 0.15) is 5.75 Å². The summed E-state index contributed by atoms with van der Waals surface area (Å²) >= 11 is 7.03. The Morgan fingerprint density at radius 3 is 2.74 bits per heavy atom. The molecule has 0 spiro atoms. The van der Waals surface area contributed by atoms with Crippen molar-refractivity contribution in [2.75, 3.05) is 13.6 Å². The quantitative estimate of drug-likeness (QED) is 0.756. The average molecular weight is 299 g/mol. The molecule has 1 aromatic carbocycles. The molecule has 102 valence electrons. The molecular formula is C13H15ClN2O2S. The standard InChI is InChI=1S/C13H15ClN2O2S/c1-8(7-15-3)19-9(2)16-13(18)10-4-5-12(17)11(14)6-10/h4-6,15,17H,1-2,7H2,3H3,(H,16,18). The first kappa shape index (κ1) is 15.6. The van der Waals surface area contributed by atoms with Crippen molar-refractivity contribution in [3.8, 4) is 5.75 Å². The molecule has 0 aliphatic carbocycles. The summed E-state index contributed by atoms with van der Waals surface area (Å²) in [6.07, 6.45) is 0. The predicted molar refractivity (Wildman–Crippen MR) is 80.4 cm³/mol. The fourth-order valence-electron chi connectivity index (χ4n) is 1.28. The largest absolute Gasteiger partial charge is 0.506 e. The van der Waals surface area contributed by atoms with Crippen LogP contribution < -0.4 is 10.6 Å². The van der Waals surface area contributed by atoms with E-state index < -0.39 is 0 Å². The normalized spacial score (nSPS) is 10.0. The zero-order valence-electron chi connectivity index (χ0n) is 10.5. The third kappa shape index (κ3) is 4.98. The third-order valence-electron chi connectivity index (χ3n) is 2.10. The van der Waals surface area contributed by atoms with Crippen molar-refractivity contribution in [1.82, 2.24) is 10.6 Å². The number of amides is 1. The molecule has 1 aromatic rings. The lowest BCUT2D eigenvalue weighted by atomic mass is 10.2. The van der Waals surface area contributed by atoms with Gasteiger partial charge in [-0.25, -0.2) is 0 Å². The van der Waals surface area contributed by atoms with Gasteiger partial charge < -0.3 is 15.7 Å². The Labute approximate surface area is 121 Å². The van der Waals surface area contributed by atoms with E-state index in [-0.39, 0.29) is 16.7 Å². The molecule has 1 rings (SSSR count). The number of likely N-dealkylation sites (N-methyl/N-ethyl adjacent to an activating group) is 1. The Kier molecular flexibility index (Phi) is 5.95. The molecule has 1 amide bonds. The minimum absolute atomic E-state index is 0.0613. The molecule has 0 radical (unpaired) electrons. The number of carbonyl (C=O) groups is 1. The van der Waals surface area contributed by atoms with Gasteiger partial charge >= 0.3 is 0 Å². The van der Waals surface area contributed by atoms with Crippen molar-refractivity contribution in [3.05, 3.63) is 51.9 Å². The van der Waals surface area contributed by atoms with Crippen LogP contribution in [0.2, 0.25) is 5.02 Å². The summed E-state index contributed by atoms with van der Waals surface area (Å²) in [7, 11) is 1.81. The van der Waals surface area contributed by atoms with Gasteiger partial charge in [0.25, 0.3) is 5.91 Å². The molecule has 0 bridgehead atoms. The minimum atomic E-state index is -0.336. The Morgan fingerprint density at radius 1 is 1.47 bits per heavy atom. The van der Waals surface area contributed by atoms with Gasteiger partial charge in [0.2, 0.25) is 0 Å². The van der Waals surface area contributed by atoms with Crippen molar-refractivity contribution >= 4 is 29.3 Å². The van der Waals surface area contributed by atoms with E-state index in [4.69, 9.17) is 11.6 Å². The lowest BCUT2D eigenvalue weighted by molar-refractivity contribution is 0.0969. The monoisotopic (exact) mass is 298 g/mol. The van der Waals surface area contributed by atoms with Gasteiger partial charge in [0.15, 0.2) is 0 Å². The third-order valence-corrected chi connectivity index (χ3v) is 3.19. The van der Waals surface area contributed by atoms with E-state index in [0.717, 1.165) is 4.91 Å². The van der Waals surface area contributed by atoms with Gasteiger partial charge in [-0.3, -0.25) is 4.79 Å². The summed E-state index contributed by atoms with van der Waals surface area (Å²) in [6.45, 7) is 8.20. The number of benzene rings is 1. The minimum Gasteiger partial charge on any atom is -0.506 e. The zero-order chi connectivity index (χ0) is 14.4. The lowest BCUT2D eigenvalue weighted by Gasteiger charge is -2.10. The van der Waals surface area contributed by atoms with Gasteiger partial charge in [-0.1, -0.05) is 36.5 Å². The fraction of sp³-hybridized carbons (Fsp3) is 0.154. The molecule has 0 saturated heterocycles. The maximum Gasteiger partial charge on any atom is 0.256 e. The second-order valence-corrected chi connectivity index (χ2v) is 5.40. The highest BCUT2D eigenvalue weighted by Gasteiger charge is 2.10. The number of aromatic hydroxyl groups is 1. The maximum absolute atomic E-state index is 11.9. The molecule has 0 aliphatic rings. The Morgan fingerprint density at radius 2 is 2.16 bits per heavy atom. The number of hydrogen-bond acceptors (Lipinski definition) is 4. The molecule has 0 atom stereocenters. The number of phenols is 1. The summed E-state index contributed by atoms with van der Waals surface area (Å²) in [5.41, 5.74) is 0.351.